The van der Waals surface area contributed by atoms with Crippen LogP contribution in [0.2, 0.25) is 0 Å². The lowest BCUT2D eigenvalue weighted by Gasteiger charge is -2.36. The number of para-hydroxylation sites is 1. The van der Waals surface area contributed by atoms with E-state index in [4.69, 9.17) is 4.74 Å². The molecular formula is C26H32Cl2N4O. The van der Waals surface area contributed by atoms with Crippen LogP contribution in [0.5, 0.6) is 5.75 Å². The summed E-state index contributed by atoms with van der Waals surface area (Å²) in [6, 6.07) is 17.2. The van der Waals surface area contributed by atoms with Crippen molar-refractivity contribution in [1.29, 1.82) is 0 Å². The van der Waals surface area contributed by atoms with Crippen molar-refractivity contribution in [2.45, 2.75) is 20.3 Å². The highest BCUT2D eigenvalue weighted by Gasteiger charge is 2.20. The summed E-state index contributed by atoms with van der Waals surface area (Å²) >= 11 is 0. The Bertz CT molecular complexity index is 1210. The molecule has 0 atom stereocenters. The van der Waals surface area contributed by atoms with E-state index in [1.807, 2.05) is 18.3 Å². The normalized spacial score (nSPS) is 14.2. The van der Waals surface area contributed by atoms with Gasteiger partial charge in [0.15, 0.2) is 0 Å². The molecule has 0 unspecified atom stereocenters. The van der Waals surface area contributed by atoms with Crippen LogP contribution in [0, 0.1) is 13.8 Å². The fourth-order valence-corrected chi connectivity index (χ4v) is 4.91. The van der Waals surface area contributed by atoms with E-state index in [9.17, 15) is 0 Å². The van der Waals surface area contributed by atoms with Crippen molar-refractivity contribution in [2.75, 3.05) is 44.7 Å². The van der Waals surface area contributed by atoms with E-state index in [0.29, 0.717) is 0 Å². The number of piperazine rings is 1. The molecule has 7 heteroatoms. The van der Waals surface area contributed by atoms with Crippen LogP contribution in [0.1, 0.15) is 17.0 Å². The van der Waals surface area contributed by atoms with Crippen molar-refractivity contribution >= 4 is 46.9 Å². The van der Waals surface area contributed by atoms with Gasteiger partial charge >= 0.3 is 0 Å². The Labute approximate surface area is 208 Å². The van der Waals surface area contributed by atoms with Gasteiger partial charge < -0.3 is 9.64 Å². The molecular weight excluding hydrogens is 455 g/mol. The van der Waals surface area contributed by atoms with E-state index >= 15 is 0 Å². The third-order valence-corrected chi connectivity index (χ3v) is 6.61. The number of halogens is 2. The molecule has 2 aromatic heterocycles. The minimum atomic E-state index is 0. The van der Waals surface area contributed by atoms with Gasteiger partial charge in [-0.2, -0.15) is 0 Å². The van der Waals surface area contributed by atoms with Crippen molar-refractivity contribution in [1.82, 2.24) is 14.3 Å². The summed E-state index contributed by atoms with van der Waals surface area (Å²) in [6.07, 6.45) is 3.07. The van der Waals surface area contributed by atoms with Gasteiger partial charge in [0.2, 0.25) is 0 Å². The van der Waals surface area contributed by atoms with E-state index in [1.54, 1.807) is 7.11 Å². The first-order valence-electron chi connectivity index (χ1n) is 11.1. The third kappa shape index (κ3) is 4.77. The lowest BCUT2D eigenvalue weighted by Crippen LogP contribution is -2.47. The highest BCUT2D eigenvalue weighted by molar-refractivity contribution is 5.93. The van der Waals surface area contributed by atoms with Crippen LogP contribution in [0.15, 0.2) is 54.7 Å². The minimum Gasteiger partial charge on any atom is -0.497 e. The Hall–Kier alpha value is -2.47. The molecule has 33 heavy (non-hydrogen) atoms. The van der Waals surface area contributed by atoms with Crippen molar-refractivity contribution in [2.24, 2.45) is 0 Å². The molecule has 5 nitrogen and oxygen atoms in total. The smallest absolute Gasteiger partial charge is 0.119 e. The lowest BCUT2D eigenvalue weighted by atomic mass is 10.1. The van der Waals surface area contributed by atoms with Gasteiger partial charge in [0.25, 0.3) is 0 Å². The van der Waals surface area contributed by atoms with Crippen molar-refractivity contribution in [3.8, 4) is 5.75 Å². The topological polar surface area (TPSA) is 33.0 Å². The number of nitrogens with zero attached hydrogens (tertiary/aromatic N) is 4. The maximum Gasteiger partial charge on any atom is 0.119 e. The molecule has 1 aliphatic rings. The molecule has 3 heterocycles. The van der Waals surface area contributed by atoms with Gasteiger partial charge in [-0.25, -0.2) is 4.98 Å². The average molecular weight is 487 g/mol. The van der Waals surface area contributed by atoms with Crippen LogP contribution in [-0.4, -0.2) is 54.1 Å². The zero-order chi connectivity index (χ0) is 21.4. The SMILES string of the molecule is COc1ccc(N2CCN(CCc3c4ccccc4n4c(C)ncc(C)c34)CC2)cc1.Cl.Cl. The Balaban J connectivity index is 0.00000153. The Morgan fingerprint density at radius 2 is 1.61 bits per heavy atom. The molecule has 176 valence electrons. The standard InChI is InChI=1S/C26H30N4O.2ClH/c1-19-18-27-20(2)30-25-7-5-4-6-23(25)24(26(19)30)12-13-28-14-16-29(17-15-28)21-8-10-22(31-3)11-9-21;;/h4-11,18H,12-17H2,1-3H3;2*1H. The fourth-order valence-electron chi connectivity index (χ4n) is 4.91. The second kappa shape index (κ2) is 10.6. The van der Waals surface area contributed by atoms with Crippen LogP contribution in [-0.2, 0) is 6.42 Å². The lowest BCUT2D eigenvalue weighted by molar-refractivity contribution is 0.261. The summed E-state index contributed by atoms with van der Waals surface area (Å²) < 4.78 is 7.62. The highest BCUT2D eigenvalue weighted by Crippen LogP contribution is 2.30. The quantitative estimate of drug-likeness (QED) is 0.382. The van der Waals surface area contributed by atoms with Gasteiger partial charge in [0, 0.05) is 50.0 Å². The molecule has 0 radical (unpaired) electrons. The summed E-state index contributed by atoms with van der Waals surface area (Å²) in [7, 11) is 1.71. The Morgan fingerprint density at radius 1 is 0.909 bits per heavy atom. The third-order valence-electron chi connectivity index (χ3n) is 6.61. The monoisotopic (exact) mass is 486 g/mol. The number of hydrogen-bond donors (Lipinski definition) is 0. The number of fused-ring (bicyclic) bond motifs is 3. The molecule has 4 aromatic rings. The first-order valence-corrected chi connectivity index (χ1v) is 11.1. The summed E-state index contributed by atoms with van der Waals surface area (Å²) in [6.45, 7) is 9.67. The Kier molecular flexibility index (Phi) is 8.11. The number of ether oxygens (including phenoxy) is 1. The summed E-state index contributed by atoms with van der Waals surface area (Å²) in [5.41, 5.74) is 6.59. The predicted octanol–water partition coefficient (Wildman–Crippen LogP) is 5.32. The predicted molar refractivity (Wildman–Crippen MR) is 142 cm³/mol. The maximum atomic E-state index is 5.29. The highest BCUT2D eigenvalue weighted by atomic mass is 35.5. The molecule has 5 rings (SSSR count). The second-order valence-corrected chi connectivity index (χ2v) is 8.44. The number of hydrogen-bond acceptors (Lipinski definition) is 4. The van der Waals surface area contributed by atoms with Crippen LogP contribution in [0.4, 0.5) is 5.69 Å². The van der Waals surface area contributed by atoms with Crippen molar-refractivity contribution in [3.05, 3.63) is 71.7 Å². The van der Waals surface area contributed by atoms with Crippen LogP contribution < -0.4 is 9.64 Å². The zero-order valence-corrected chi connectivity index (χ0v) is 21.1. The maximum absolute atomic E-state index is 5.29. The van der Waals surface area contributed by atoms with E-state index in [2.05, 4.69) is 69.4 Å². The van der Waals surface area contributed by atoms with Crippen molar-refractivity contribution < 1.29 is 4.74 Å². The average Bonchev–Trinajstić information content (AvgIpc) is 3.16. The van der Waals surface area contributed by atoms with Crippen LogP contribution >= 0.6 is 24.8 Å². The van der Waals surface area contributed by atoms with Gasteiger partial charge in [-0.3, -0.25) is 9.30 Å². The molecule has 0 spiro atoms. The first-order chi connectivity index (χ1) is 15.2. The second-order valence-electron chi connectivity index (χ2n) is 8.44. The molecule has 1 aliphatic heterocycles. The van der Waals surface area contributed by atoms with Gasteiger partial charge in [-0.05, 0) is 61.7 Å². The van der Waals surface area contributed by atoms with E-state index < -0.39 is 0 Å². The van der Waals surface area contributed by atoms with E-state index in [1.165, 1.54) is 33.2 Å². The van der Waals surface area contributed by atoms with Crippen molar-refractivity contribution in [3.63, 3.8) is 0 Å². The minimum absolute atomic E-state index is 0. The number of rotatable bonds is 5. The van der Waals surface area contributed by atoms with Gasteiger partial charge in [0.1, 0.15) is 11.6 Å². The van der Waals surface area contributed by atoms with E-state index in [0.717, 1.165) is 50.7 Å². The number of aromatic nitrogens is 2. The van der Waals surface area contributed by atoms with Crippen LogP contribution in [0.25, 0.3) is 16.4 Å². The molecule has 0 bridgehead atoms. The summed E-state index contributed by atoms with van der Waals surface area (Å²) in [5.74, 6) is 1.96. The molecule has 0 amide bonds. The molecule has 1 saturated heterocycles. The van der Waals surface area contributed by atoms with Gasteiger partial charge in [-0.1, -0.05) is 18.2 Å². The largest absolute Gasteiger partial charge is 0.497 e. The molecule has 0 N–H and O–H groups in total. The van der Waals surface area contributed by atoms with Crippen LogP contribution in [0.3, 0.4) is 0 Å². The van der Waals surface area contributed by atoms with E-state index in [-0.39, 0.29) is 24.8 Å². The number of methoxy groups -OCH3 is 1. The van der Waals surface area contributed by atoms with Gasteiger partial charge in [-0.15, -0.1) is 24.8 Å². The molecule has 0 saturated carbocycles. The summed E-state index contributed by atoms with van der Waals surface area (Å²) in [4.78, 5) is 9.68. The number of anilines is 1. The number of aryl methyl sites for hydroxylation is 2. The number of benzene rings is 2. The molecule has 1 fully saturated rings. The Morgan fingerprint density at radius 3 is 2.30 bits per heavy atom. The molecule has 0 aliphatic carbocycles. The fraction of sp³-hybridized carbons (Fsp3) is 0.346. The first kappa shape index (κ1) is 25.2. The zero-order valence-electron chi connectivity index (χ0n) is 19.5. The molecule has 2 aromatic carbocycles. The summed E-state index contributed by atoms with van der Waals surface area (Å²) in [5, 5.41) is 1.36. The van der Waals surface area contributed by atoms with Gasteiger partial charge in [0.05, 0.1) is 18.1 Å².